The van der Waals surface area contributed by atoms with Gasteiger partial charge in [0.05, 0.1) is 12.6 Å². The van der Waals surface area contributed by atoms with Gasteiger partial charge in [0, 0.05) is 16.9 Å². The van der Waals surface area contributed by atoms with Crippen LogP contribution in [0, 0.1) is 26.7 Å². The van der Waals surface area contributed by atoms with Gasteiger partial charge in [-0.1, -0.05) is 48.0 Å². The highest BCUT2D eigenvalue weighted by molar-refractivity contribution is 7.80. The second kappa shape index (κ2) is 9.13. The van der Waals surface area contributed by atoms with E-state index in [9.17, 15) is 4.79 Å². The summed E-state index contributed by atoms with van der Waals surface area (Å²) in [6.07, 6.45) is 0. The summed E-state index contributed by atoms with van der Waals surface area (Å²) in [5.41, 5.74) is 4.60. The molecule has 0 aromatic heterocycles. The first-order valence-electron chi connectivity index (χ1n) is 12.2. The fourth-order valence-electron chi connectivity index (χ4n) is 5.38. The Hall–Kier alpha value is -3.58. The monoisotopic (exact) mass is 501 g/mol. The number of rotatable bonds is 5. The maximum atomic E-state index is 14.1. The molecule has 0 aliphatic carbocycles. The minimum absolute atomic E-state index is 0.143. The normalized spacial score (nSPS) is 22.2. The molecular formula is C29H31N3O3S. The molecule has 5 rings (SSSR count). The standard InChI is InChI=1S/C29H31N3O3S/c1-6-34-23-13-9-11-20-25-24(27(33)30-21-15-14-17(2)16-19(21)4)29(5,35-26(20)23)32(28(36)31-25)22-12-8-7-10-18(22)3/h7-16,24-25H,6H2,1-5H3,(H,30,33)(H,31,36)/t24-,25+,29+/m0/s1. The summed E-state index contributed by atoms with van der Waals surface area (Å²) in [4.78, 5) is 16.0. The highest BCUT2D eigenvalue weighted by atomic mass is 32.1. The first kappa shape index (κ1) is 24.1. The van der Waals surface area contributed by atoms with Gasteiger partial charge in [-0.15, -0.1) is 0 Å². The molecule has 0 radical (unpaired) electrons. The highest BCUT2D eigenvalue weighted by Crippen LogP contribution is 2.53. The quantitative estimate of drug-likeness (QED) is 0.430. The van der Waals surface area contributed by atoms with E-state index in [1.807, 2.05) is 94.1 Å². The summed E-state index contributed by atoms with van der Waals surface area (Å²) in [6.45, 7) is 10.5. The number of para-hydroxylation sites is 2. The average Bonchev–Trinajstić information content (AvgIpc) is 2.82. The van der Waals surface area contributed by atoms with Gasteiger partial charge < -0.3 is 20.1 Å². The molecular weight excluding hydrogens is 470 g/mol. The summed E-state index contributed by atoms with van der Waals surface area (Å²) >= 11 is 5.88. The third-order valence-corrected chi connectivity index (χ3v) is 7.37. The number of aryl methyl sites for hydroxylation is 3. The average molecular weight is 502 g/mol. The van der Waals surface area contributed by atoms with Gasteiger partial charge in [-0.05, 0) is 76.2 Å². The van der Waals surface area contributed by atoms with Gasteiger partial charge in [0.1, 0.15) is 5.92 Å². The lowest BCUT2D eigenvalue weighted by molar-refractivity contribution is -0.130. The molecule has 3 atom stereocenters. The molecule has 6 nitrogen and oxygen atoms in total. The Labute approximate surface area is 217 Å². The van der Waals surface area contributed by atoms with E-state index >= 15 is 0 Å². The number of nitrogens with one attached hydrogen (secondary N) is 2. The third-order valence-electron chi connectivity index (χ3n) is 7.07. The third kappa shape index (κ3) is 3.88. The molecule has 2 aliphatic heterocycles. The molecule has 36 heavy (non-hydrogen) atoms. The van der Waals surface area contributed by atoms with E-state index in [2.05, 4.69) is 16.7 Å². The SMILES string of the molecule is CCOc1cccc2c1O[C@]1(C)[C@H](C(=O)Nc3ccc(C)cc3C)[C@@H]2NC(=S)N1c1ccccc1C. The van der Waals surface area contributed by atoms with Crippen LogP contribution in [0.2, 0.25) is 0 Å². The van der Waals surface area contributed by atoms with E-state index in [1.165, 1.54) is 0 Å². The van der Waals surface area contributed by atoms with Crippen LogP contribution in [0.1, 0.15) is 42.1 Å². The Morgan fingerprint density at radius 1 is 1.11 bits per heavy atom. The van der Waals surface area contributed by atoms with Crippen LogP contribution in [0.3, 0.4) is 0 Å². The van der Waals surface area contributed by atoms with Crippen molar-refractivity contribution in [1.29, 1.82) is 0 Å². The number of carbonyl (C=O) groups excluding carboxylic acids is 1. The van der Waals surface area contributed by atoms with Gasteiger partial charge in [0.25, 0.3) is 0 Å². The van der Waals surface area contributed by atoms with E-state index in [1.54, 1.807) is 0 Å². The summed E-state index contributed by atoms with van der Waals surface area (Å²) in [5.74, 6) is 0.527. The van der Waals surface area contributed by atoms with Crippen molar-refractivity contribution in [2.45, 2.75) is 46.4 Å². The number of anilines is 2. The van der Waals surface area contributed by atoms with E-state index < -0.39 is 17.7 Å². The Morgan fingerprint density at radius 2 is 1.89 bits per heavy atom. The first-order valence-corrected chi connectivity index (χ1v) is 12.6. The lowest BCUT2D eigenvalue weighted by atomic mass is 9.78. The molecule has 2 aliphatic rings. The van der Waals surface area contributed by atoms with Crippen LogP contribution in [0.5, 0.6) is 11.5 Å². The van der Waals surface area contributed by atoms with Crippen molar-refractivity contribution < 1.29 is 14.3 Å². The zero-order chi connectivity index (χ0) is 25.6. The maximum absolute atomic E-state index is 14.1. The Kier molecular flexibility index (Phi) is 6.12. The van der Waals surface area contributed by atoms with Gasteiger partial charge in [-0.3, -0.25) is 9.69 Å². The first-order chi connectivity index (χ1) is 17.2. The highest BCUT2D eigenvalue weighted by Gasteiger charge is 2.59. The molecule has 0 unspecified atom stereocenters. The van der Waals surface area contributed by atoms with Gasteiger partial charge in [-0.2, -0.15) is 0 Å². The summed E-state index contributed by atoms with van der Waals surface area (Å²) in [5, 5.41) is 7.16. The number of ether oxygens (including phenoxy) is 2. The van der Waals surface area contributed by atoms with Crippen LogP contribution >= 0.6 is 12.2 Å². The number of nitrogens with zero attached hydrogens (tertiary/aromatic N) is 1. The predicted molar refractivity (Wildman–Crippen MR) is 147 cm³/mol. The summed E-state index contributed by atoms with van der Waals surface area (Å²) < 4.78 is 12.7. The van der Waals surface area contributed by atoms with Crippen LogP contribution in [0.4, 0.5) is 11.4 Å². The predicted octanol–water partition coefficient (Wildman–Crippen LogP) is 5.81. The van der Waals surface area contributed by atoms with Crippen molar-refractivity contribution >= 4 is 34.6 Å². The molecule has 3 aromatic carbocycles. The molecule has 0 saturated carbocycles. The smallest absolute Gasteiger partial charge is 0.236 e. The van der Waals surface area contributed by atoms with Crippen molar-refractivity contribution in [2.24, 2.45) is 5.92 Å². The molecule has 0 spiro atoms. The van der Waals surface area contributed by atoms with E-state index in [-0.39, 0.29) is 5.91 Å². The Balaban J connectivity index is 1.66. The van der Waals surface area contributed by atoms with Crippen LogP contribution in [0.15, 0.2) is 60.7 Å². The molecule has 2 bridgehead atoms. The molecule has 2 N–H and O–H groups in total. The van der Waals surface area contributed by atoms with Gasteiger partial charge in [-0.25, -0.2) is 0 Å². The summed E-state index contributed by atoms with van der Waals surface area (Å²) in [6, 6.07) is 19.4. The van der Waals surface area contributed by atoms with Crippen molar-refractivity contribution in [3.05, 3.63) is 82.9 Å². The summed E-state index contributed by atoms with van der Waals surface area (Å²) in [7, 11) is 0. The maximum Gasteiger partial charge on any atom is 0.236 e. The van der Waals surface area contributed by atoms with Gasteiger partial charge in [0.15, 0.2) is 22.3 Å². The van der Waals surface area contributed by atoms with Crippen molar-refractivity contribution in [2.75, 3.05) is 16.8 Å². The topological polar surface area (TPSA) is 62.8 Å². The molecule has 3 aromatic rings. The zero-order valence-corrected chi connectivity index (χ0v) is 22.0. The van der Waals surface area contributed by atoms with Gasteiger partial charge >= 0.3 is 0 Å². The van der Waals surface area contributed by atoms with Crippen LogP contribution in [-0.2, 0) is 4.79 Å². The van der Waals surface area contributed by atoms with Crippen LogP contribution in [-0.4, -0.2) is 23.4 Å². The van der Waals surface area contributed by atoms with Crippen LogP contribution in [0.25, 0.3) is 0 Å². The van der Waals surface area contributed by atoms with E-state index in [0.29, 0.717) is 23.2 Å². The number of thiocarbonyl (C=S) groups is 1. The van der Waals surface area contributed by atoms with E-state index in [0.717, 1.165) is 33.6 Å². The lowest BCUT2D eigenvalue weighted by Crippen LogP contribution is -2.72. The fourth-order valence-corrected chi connectivity index (χ4v) is 5.79. The molecule has 1 amide bonds. The Morgan fingerprint density at radius 3 is 2.61 bits per heavy atom. The van der Waals surface area contributed by atoms with Crippen molar-refractivity contribution in [3.8, 4) is 11.5 Å². The molecule has 1 fully saturated rings. The number of fused-ring (bicyclic) bond motifs is 4. The number of benzene rings is 3. The largest absolute Gasteiger partial charge is 0.490 e. The second-order valence-electron chi connectivity index (χ2n) is 9.60. The minimum atomic E-state index is -1.11. The van der Waals surface area contributed by atoms with Crippen molar-refractivity contribution in [1.82, 2.24) is 5.32 Å². The number of hydrogen-bond acceptors (Lipinski definition) is 4. The van der Waals surface area contributed by atoms with Gasteiger partial charge in [0.2, 0.25) is 5.91 Å². The number of hydrogen-bond donors (Lipinski definition) is 2. The second-order valence-corrected chi connectivity index (χ2v) is 9.99. The number of carbonyl (C=O) groups is 1. The molecule has 186 valence electrons. The Bertz CT molecular complexity index is 1360. The number of amides is 1. The zero-order valence-electron chi connectivity index (χ0n) is 21.2. The van der Waals surface area contributed by atoms with E-state index in [4.69, 9.17) is 21.7 Å². The molecule has 7 heteroatoms. The fraction of sp³-hybridized carbons (Fsp3) is 0.310. The molecule has 1 saturated heterocycles. The van der Waals surface area contributed by atoms with Crippen molar-refractivity contribution in [3.63, 3.8) is 0 Å². The van der Waals surface area contributed by atoms with Crippen LogP contribution < -0.4 is 25.0 Å². The molecule has 2 heterocycles. The minimum Gasteiger partial charge on any atom is -0.490 e. The lowest BCUT2D eigenvalue weighted by Gasteiger charge is -2.56.